The van der Waals surface area contributed by atoms with Gasteiger partial charge in [-0.3, -0.25) is 9.59 Å². The van der Waals surface area contributed by atoms with Gasteiger partial charge in [0.05, 0.1) is 37.1 Å². The molecule has 0 saturated heterocycles. The summed E-state index contributed by atoms with van der Waals surface area (Å²) in [4.78, 5) is 26.2. The SMILES string of the molecule is CC(C)CNC(=O)c1ccccc1NCC(=O)N(CCC#N)CCC#N. The molecule has 1 rings (SSSR count). The average Bonchev–Trinajstić information content (AvgIpc) is 2.64. The molecule has 1 aromatic rings. The van der Waals surface area contributed by atoms with Crippen LogP contribution in [0.2, 0.25) is 0 Å². The molecule has 2 amide bonds. The first-order chi connectivity index (χ1) is 12.5. The predicted molar refractivity (Wildman–Crippen MR) is 99.1 cm³/mol. The molecule has 7 heteroatoms. The average molecular weight is 355 g/mol. The number of hydrogen-bond donors (Lipinski definition) is 2. The van der Waals surface area contributed by atoms with E-state index in [1.165, 1.54) is 4.90 Å². The van der Waals surface area contributed by atoms with Gasteiger partial charge >= 0.3 is 0 Å². The van der Waals surface area contributed by atoms with Crippen LogP contribution in [0.25, 0.3) is 0 Å². The Hall–Kier alpha value is -3.06. The number of nitrogens with one attached hydrogen (secondary N) is 2. The monoisotopic (exact) mass is 355 g/mol. The largest absolute Gasteiger partial charge is 0.376 e. The number of nitriles is 2. The van der Waals surface area contributed by atoms with Gasteiger partial charge in [-0.05, 0) is 18.1 Å². The molecule has 0 bridgehead atoms. The molecular formula is C19H25N5O2. The molecule has 0 fully saturated rings. The van der Waals surface area contributed by atoms with Crippen molar-refractivity contribution in [3.63, 3.8) is 0 Å². The predicted octanol–water partition coefficient (Wildman–Crippen LogP) is 2.14. The van der Waals surface area contributed by atoms with E-state index in [9.17, 15) is 9.59 Å². The fourth-order valence-corrected chi connectivity index (χ4v) is 2.24. The van der Waals surface area contributed by atoms with Crippen LogP contribution in [0.5, 0.6) is 0 Å². The fourth-order valence-electron chi connectivity index (χ4n) is 2.24. The highest BCUT2D eigenvalue weighted by Gasteiger charge is 2.15. The van der Waals surface area contributed by atoms with E-state index in [0.29, 0.717) is 23.7 Å². The van der Waals surface area contributed by atoms with E-state index in [1.807, 2.05) is 26.0 Å². The van der Waals surface area contributed by atoms with E-state index < -0.39 is 0 Å². The topological polar surface area (TPSA) is 109 Å². The lowest BCUT2D eigenvalue weighted by Gasteiger charge is -2.21. The molecule has 0 atom stereocenters. The highest BCUT2D eigenvalue weighted by atomic mass is 16.2. The van der Waals surface area contributed by atoms with Crippen LogP contribution < -0.4 is 10.6 Å². The third kappa shape index (κ3) is 7.23. The first-order valence-corrected chi connectivity index (χ1v) is 8.62. The molecule has 0 unspecified atom stereocenters. The number of para-hydroxylation sites is 1. The number of nitrogens with zero attached hydrogens (tertiary/aromatic N) is 3. The second-order valence-corrected chi connectivity index (χ2v) is 6.20. The zero-order valence-electron chi connectivity index (χ0n) is 15.3. The smallest absolute Gasteiger partial charge is 0.253 e. The number of carbonyl (C=O) groups excluding carboxylic acids is 2. The normalized spacial score (nSPS) is 9.88. The Labute approximate surface area is 154 Å². The van der Waals surface area contributed by atoms with Crippen LogP contribution in [0.4, 0.5) is 5.69 Å². The minimum absolute atomic E-state index is 0.00860. The van der Waals surface area contributed by atoms with Crippen molar-refractivity contribution in [2.45, 2.75) is 26.7 Å². The number of amides is 2. The molecule has 2 N–H and O–H groups in total. The van der Waals surface area contributed by atoms with Crippen molar-refractivity contribution in [1.29, 1.82) is 10.5 Å². The minimum atomic E-state index is -0.215. The molecule has 0 aliphatic heterocycles. The van der Waals surface area contributed by atoms with Crippen LogP contribution in [0.1, 0.15) is 37.0 Å². The zero-order chi connectivity index (χ0) is 19.4. The quantitative estimate of drug-likeness (QED) is 0.668. The molecule has 26 heavy (non-hydrogen) atoms. The zero-order valence-corrected chi connectivity index (χ0v) is 15.3. The van der Waals surface area contributed by atoms with Crippen molar-refractivity contribution in [3.05, 3.63) is 29.8 Å². The molecule has 7 nitrogen and oxygen atoms in total. The van der Waals surface area contributed by atoms with Gasteiger partial charge in [0.2, 0.25) is 5.91 Å². The van der Waals surface area contributed by atoms with Gasteiger partial charge in [0, 0.05) is 25.3 Å². The van der Waals surface area contributed by atoms with Gasteiger partial charge in [0.1, 0.15) is 0 Å². The summed E-state index contributed by atoms with van der Waals surface area (Å²) in [6, 6.07) is 11.0. The number of hydrogen-bond acceptors (Lipinski definition) is 5. The summed E-state index contributed by atoms with van der Waals surface area (Å²) in [5.41, 5.74) is 1.05. The van der Waals surface area contributed by atoms with E-state index in [4.69, 9.17) is 10.5 Å². The molecule has 0 spiro atoms. The van der Waals surface area contributed by atoms with Crippen molar-refractivity contribution in [3.8, 4) is 12.1 Å². The van der Waals surface area contributed by atoms with Crippen molar-refractivity contribution < 1.29 is 9.59 Å². The van der Waals surface area contributed by atoms with Crippen molar-refractivity contribution in [1.82, 2.24) is 10.2 Å². The van der Waals surface area contributed by atoms with Gasteiger partial charge in [-0.2, -0.15) is 10.5 Å². The first-order valence-electron chi connectivity index (χ1n) is 8.62. The van der Waals surface area contributed by atoms with E-state index >= 15 is 0 Å². The Morgan fingerprint density at radius 2 is 1.73 bits per heavy atom. The summed E-state index contributed by atoms with van der Waals surface area (Å²) >= 11 is 0. The van der Waals surface area contributed by atoms with Crippen LogP contribution in [-0.2, 0) is 4.79 Å². The van der Waals surface area contributed by atoms with Crippen molar-refractivity contribution in [2.75, 3.05) is 31.5 Å². The van der Waals surface area contributed by atoms with Gasteiger partial charge in [-0.1, -0.05) is 26.0 Å². The minimum Gasteiger partial charge on any atom is -0.376 e. The highest BCUT2D eigenvalue weighted by molar-refractivity contribution is 6.00. The van der Waals surface area contributed by atoms with E-state index in [1.54, 1.807) is 24.3 Å². The lowest BCUT2D eigenvalue weighted by molar-refractivity contribution is -0.129. The Bertz CT molecular complexity index is 670. The third-order valence-corrected chi connectivity index (χ3v) is 3.61. The van der Waals surface area contributed by atoms with Gasteiger partial charge < -0.3 is 15.5 Å². The maximum Gasteiger partial charge on any atom is 0.253 e. The molecule has 0 heterocycles. The van der Waals surface area contributed by atoms with Gasteiger partial charge in [0.15, 0.2) is 0 Å². The van der Waals surface area contributed by atoms with Crippen LogP contribution >= 0.6 is 0 Å². The lowest BCUT2D eigenvalue weighted by Crippen LogP contribution is -2.37. The second-order valence-electron chi connectivity index (χ2n) is 6.20. The molecular weight excluding hydrogens is 330 g/mol. The Kier molecular flexibility index (Phi) is 9.27. The summed E-state index contributed by atoms with van der Waals surface area (Å²) in [7, 11) is 0. The highest BCUT2D eigenvalue weighted by Crippen LogP contribution is 2.15. The van der Waals surface area contributed by atoms with Crippen molar-refractivity contribution in [2.24, 2.45) is 5.92 Å². The second kappa shape index (κ2) is 11.5. The van der Waals surface area contributed by atoms with Crippen LogP contribution in [0, 0.1) is 28.6 Å². The number of carbonyl (C=O) groups is 2. The standard InChI is InChI=1S/C19H25N5O2/c1-15(2)13-23-19(26)16-7-3-4-8-17(16)22-14-18(25)24(11-5-9-20)12-6-10-21/h3-4,7-8,15,22H,5-6,11-14H2,1-2H3,(H,23,26). The van der Waals surface area contributed by atoms with Gasteiger partial charge in [-0.25, -0.2) is 0 Å². The van der Waals surface area contributed by atoms with Crippen LogP contribution in [-0.4, -0.2) is 42.9 Å². The maximum atomic E-state index is 12.4. The van der Waals surface area contributed by atoms with E-state index in [2.05, 4.69) is 10.6 Å². The molecule has 0 aliphatic rings. The lowest BCUT2D eigenvalue weighted by atomic mass is 10.1. The summed E-state index contributed by atoms with van der Waals surface area (Å²) in [5.74, 6) is -0.0672. The summed E-state index contributed by atoms with van der Waals surface area (Å²) in [6.07, 6.45) is 0.427. The van der Waals surface area contributed by atoms with Crippen LogP contribution in [0.3, 0.4) is 0 Å². The Morgan fingerprint density at radius 1 is 1.12 bits per heavy atom. The molecule has 0 saturated carbocycles. The molecule has 138 valence electrons. The van der Waals surface area contributed by atoms with E-state index in [-0.39, 0.29) is 44.3 Å². The summed E-state index contributed by atoms with van der Waals surface area (Å²) in [5, 5.41) is 23.3. The summed E-state index contributed by atoms with van der Waals surface area (Å²) < 4.78 is 0. The molecule has 0 aliphatic carbocycles. The third-order valence-electron chi connectivity index (χ3n) is 3.61. The van der Waals surface area contributed by atoms with Gasteiger partial charge in [-0.15, -0.1) is 0 Å². The van der Waals surface area contributed by atoms with Crippen LogP contribution in [0.15, 0.2) is 24.3 Å². The molecule has 0 aromatic heterocycles. The number of benzene rings is 1. The first kappa shape index (κ1) is 21.0. The van der Waals surface area contributed by atoms with Gasteiger partial charge in [0.25, 0.3) is 5.91 Å². The number of anilines is 1. The Morgan fingerprint density at radius 3 is 2.31 bits per heavy atom. The fraction of sp³-hybridized carbons (Fsp3) is 0.474. The molecule has 1 aromatic carbocycles. The Balaban J connectivity index is 2.73. The number of rotatable bonds is 10. The van der Waals surface area contributed by atoms with E-state index in [0.717, 1.165) is 0 Å². The summed E-state index contributed by atoms with van der Waals surface area (Å²) in [6.45, 7) is 5.16. The maximum absolute atomic E-state index is 12.4. The van der Waals surface area contributed by atoms with Crippen molar-refractivity contribution >= 4 is 17.5 Å². The molecule has 0 radical (unpaired) electrons.